The molecule has 0 aromatic heterocycles. The molecule has 0 saturated heterocycles. The molecule has 0 aliphatic carbocycles. The zero-order valence-corrected chi connectivity index (χ0v) is 8.44. The Balaban J connectivity index is 3.28. The van der Waals surface area contributed by atoms with Gasteiger partial charge in [-0.05, 0) is 17.7 Å². The van der Waals surface area contributed by atoms with Gasteiger partial charge >= 0.3 is 5.97 Å². The van der Waals surface area contributed by atoms with E-state index >= 15 is 0 Å². The summed E-state index contributed by atoms with van der Waals surface area (Å²) in [7, 11) is 1.35. The highest BCUT2D eigenvalue weighted by Crippen LogP contribution is 2.21. The average molecular weight is 224 g/mol. The number of methoxy groups -OCH3 is 1. The van der Waals surface area contributed by atoms with E-state index in [1.165, 1.54) is 13.2 Å². The van der Waals surface area contributed by atoms with Crippen LogP contribution in [-0.4, -0.2) is 24.5 Å². The van der Waals surface area contributed by atoms with Crippen molar-refractivity contribution in [2.24, 2.45) is 0 Å². The largest absolute Gasteiger partial charge is 0.497 e. The van der Waals surface area contributed by atoms with Crippen molar-refractivity contribution in [2.75, 3.05) is 7.11 Å². The molecule has 0 saturated carbocycles. The Kier molecular flexibility index (Phi) is 3.77. The summed E-state index contributed by atoms with van der Waals surface area (Å²) in [4.78, 5) is 20.9. The maximum atomic E-state index is 13.3. The molecule has 84 valence electrons. The van der Waals surface area contributed by atoms with Crippen LogP contribution in [0.4, 0.5) is 4.39 Å². The topological polar surface area (TPSA) is 63.6 Å². The zero-order chi connectivity index (χ0) is 12.1. The van der Waals surface area contributed by atoms with Gasteiger partial charge in [0.1, 0.15) is 11.6 Å². The Morgan fingerprint density at radius 1 is 1.50 bits per heavy atom. The number of hydrogen-bond donors (Lipinski definition) is 1. The molecule has 1 aromatic rings. The number of carboxylic acid groups (broad SMARTS) is 1. The van der Waals surface area contributed by atoms with Gasteiger partial charge in [0, 0.05) is 12.1 Å². The predicted octanol–water partition coefficient (Wildman–Crippen LogP) is 1.74. The number of carboxylic acids is 1. The van der Waals surface area contributed by atoms with Gasteiger partial charge in [0.15, 0.2) is 6.29 Å². The summed E-state index contributed by atoms with van der Waals surface area (Å²) in [6, 6.07) is 2.44. The van der Waals surface area contributed by atoms with Crippen LogP contribution in [0.2, 0.25) is 0 Å². The Bertz CT molecular complexity index is 452. The van der Waals surface area contributed by atoms with Crippen molar-refractivity contribution in [3.8, 4) is 5.75 Å². The molecule has 0 unspecified atom stereocenters. The minimum absolute atomic E-state index is 0.161. The quantitative estimate of drug-likeness (QED) is 0.625. The van der Waals surface area contributed by atoms with E-state index in [2.05, 4.69) is 0 Å². The second kappa shape index (κ2) is 5.06. The molecule has 0 bridgehead atoms. The summed E-state index contributed by atoms with van der Waals surface area (Å²) in [5.74, 6) is -1.72. The molecule has 1 N–H and O–H groups in total. The van der Waals surface area contributed by atoms with Crippen molar-refractivity contribution in [1.29, 1.82) is 0 Å². The number of rotatable bonds is 4. The molecule has 0 aliphatic rings. The standard InChI is InChI=1S/C11H9FO4/c1-16-8-4-7(2-3-11(14)15)9(6-13)10(12)5-8/h2-6H,1H3,(H,14,15)/b3-2+. The Morgan fingerprint density at radius 2 is 2.19 bits per heavy atom. The monoisotopic (exact) mass is 224 g/mol. The zero-order valence-electron chi connectivity index (χ0n) is 8.44. The molecule has 0 atom stereocenters. The molecular weight excluding hydrogens is 215 g/mol. The van der Waals surface area contributed by atoms with Gasteiger partial charge in [-0.2, -0.15) is 0 Å². The summed E-state index contributed by atoms with van der Waals surface area (Å²) in [5.41, 5.74) is -0.0347. The van der Waals surface area contributed by atoms with Crippen LogP contribution in [0.15, 0.2) is 18.2 Å². The number of halogens is 1. The molecule has 0 spiro atoms. The highest BCUT2D eigenvalue weighted by atomic mass is 19.1. The number of carbonyl (C=O) groups excluding carboxylic acids is 1. The first-order valence-corrected chi connectivity index (χ1v) is 4.32. The maximum absolute atomic E-state index is 13.3. The lowest BCUT2D eigenvalue weighted by Gasteiger charge is -2.05. The van der Waals surface area contributed by atoms with E-state index in [1.807, 2.05) is 0 Å². The van der Waals surface area contributed by atoms with Crippen LogP contribution < -0.4 is 4.74 Å². The third kappa shape index (κ3) is 2.66. The minimum Gasteiger partial charge on any atom is -0.497 e. The number of carbonyl (C=O) groups is 2. The lowest BCUT2D eigenvalue weighted by Crippen LogP contribution is -1.96. The summed E-state index contributed by atoms with van der Waals surface area (Å²) in [5, 5.41) is 8.43. The van der Waals surface area contributed by atoms with E-state index in [4.69, 9.17) is 9.84 Å². The van der Waals surface area contributed by atoms with Gasteiger partial charge in [-0.3, -0.25) is 4.79 Å². The van der Waals surface area contributed by atoms with Crippen LogP contribution in [0, 0.1) is 5.82 Å². The van der Waals surface area contributed by atoms with E-state index in [0.29, 0.717) is 6.29 Å². The molecule has 0 fully saturated rings. The fourth-order valence-electron chi connectivity index (χ4n) is 1.15. The summed E-state index contributed by atoms with van der Waals surface area (Å²) < 4.78 is 18.1. The Hall–Kier alpha value is -2.17. The number of benzene rings is 1. The first kappa shape index (κ1) is 11.9. The maximum Gasteiger partial charge on any atom is 0.328 e. The van der Waals surface area contributed by atoms with Crippen LogP contribution in [0.3, 0.4) is 0 Å². The van der Waals surface area contributed by atoms with Crippen molar-refractivity contribution in [3.05, 3.63) is 35.2 Å². The molecule has 0 aliphatic heterocycles. The number of aldehydes is 1. The van der Waals surface area contributed by atoms with Gasteiger partial charge in [-0.1, -0.05) is 0 Å². The van der Waals surface area contributed by atoms with Gasteiger partial charge < -0.3 is 9.84 Å². The van der Waals surface area contributed by atoms with Crippen LogP contribution in [0.25, 0.3) is 6.08 Å². The predicted molar refractivity (Wildman–Crippen MR) is 55.0 cm³/mol. The SMILES string of the molecule is COc1cc(F)c(C=O)c(/C=C/C(=O)O)c1. The third-order valence-electron chi connectivity index (χ3n) is 1.89. The second-order valence-electron chi connectivity index (χ2n) is 2.90. The van der Waals surface area contributed by atoms with Crippen molar-refractivity contribution in [1.82, 2.24) is 0 Å². The van der Waals surface area contributed by atoms with Crippen molar-refractivity contribution >= 4 is 18.3 Å². The Labute approximate surface area is 91.0 Å². The molecule has 4 nitrogen and oxygen atoms in total. The van der Waals surface area contributed by atoms with Gasteiger partial charge in [-0.15, -0.1) is 0 Å². The molecule has 1 rings (SSSR count). The van der Waals surface area contributed by atoms with E-state index in [-0.39, 0.29) is 16.9 Å². The van der Waals surface area contributed by atoms with E-state index < -0.39 is 11.8 Å². The van der Waals surface area contributed by atoms with Gasteiger partial charge in [0.05, 0.1) is 12.7 Å². The summed E-state index contributed by atoms with van der Waals surface area (Å²) >= 11 is 0. The third-order valence-corrected chi connectivity index (χ3v) is 1.89. The number of hydrogen-bond acceptors (Lipinski definition) is 3. The van der Waals surface area contributed by atoms with Crippen LogP contribution in [0.1, 0.15) is 15.9 Å². The lowest BCUT2D eigenvalue weighted by atomic mass is 10.1. The normalized spacial score (nSPS) is 10.4. The minimum atomic E-state index is -1.18. The number of aliphatic carboxylic acids is 1. The smallest absolute Gasteiger partial charge is 0.328 e. The summed E-state index contributed by atoms with van der Waals surface area (Å²) in [6.45, 7) is 0. The van der Waals surface area contributed by atoms with E-state index in [0.717, 1.165) is 18.2 Å². The Morgan fingerprint density at radius 3 is 2.69 bits per heavy atom. The van der Waals surface area contributed by atoms with Crippen molar-refractivity contribution < 1.29 is 23.8 Å². The number of ether oxygens (including phenoxy) is 1. The van der Waals surface area contributed by atoms with E-state index in [9.17, 15) is 14.0 Å². The molecule has 0 radical (unpaired) electrons. The van der Waals surface area contributed by atoms with Gasteiger partial charge in [-0.25, -0.2) is 9.18 Å². The molecule has 16 heavy (non-hydrogen) atoms. The van der Waals surface area contributed by atoms with E-state index in [1.54, 1.807) is 0 Å². The van der Waals surface area contributed by atoms with Crippen LogP contribution >= 0.6 is 0 Å². The molecular formula is C11H9FO4. The van der Waals surface area contributed by atoms with Crippen LogP contribution in [-0.2, 0) is 4.79 Å². The molecule has 1 aromatic carbocycles. The average Bonchev–Trinajstić information content (AvgIpc) is 2.25. The molecule has 5 heteroatoms. The van der Waals surface area contributed by atoms with Gasteiger partial charge in [0.2, 0.25) is 0 Å². The lowest BCUT2D eigenvalue weighted by molar-refractivity contribution is -0.131. The summed E-state index contributed by atoms with van der Waals surface area (Å²) in [6.07, 6.45) is 2.29. The van der Waals surface area contributed by atoms with Crippen molar-refractivity contribution in [3.63, 3.8) is 0 Å². The van der Waals surface area contributed by atoms with Crippen LogP contribution in [0.5, 0.6) is 5.75 Å². The highest BCUT2D eigenvalue weighted by molar-refractivity contribution is 5.89. The fourth-order valence-corrected chi connectivity index (χ4v) is 1.15. The van der Waals surface area contributed by atoms with Gasteiger partial charge in [0.25, 0.3) is 0 Å². The highest BCUT2D eigenvalue weighted by Gasteiger charge is 2.09. The molecule has 0 heterocycles. The fraction of sp³-hybridized carbons (Fsp3) is 0.0909. The molecule has 0 amide bonds. The first-order valence-electron chi connectivity index (χ1n) is 4.32. The first-order chi connectivity index (χ1) is 7.58. The van der Waals surface area contributed by atoms with Crippen molar-refractivity contribution in [2.45, 2.75) is 0 Å². The second-order valence-corrected chi connectivity index (χ2v) is 2.90.